The third-order valence-electron chi connectivity index (χ3n) is 3.23. The molecule has 0 radical (unpaired) electrons. The van der Waals surface area contributed by atoms with Crippen molar-refractivity contribution in [2.24, 2.45) is 5.73 Å². The Bertz CT molecular complexity index is 559. The van der Waals surface area contributed by atoms with Crippen LogP contribution in [0.5, 0.6) is 0 Å². The predicted molar refractivity (Wildman–Crippen MR) is 107 cm³/mol. The van der Waals surface area contributed by atoms with Gasteiger partial charge in [-0.15, -0.1) is 0 Å². The smallest absolute Gasteiger partial charge is 0.327 e. The maximum atomic E-state index is 11.9. The number of thioether (sulfide) groups is 1. The van der Waals surface area contributed by atoms with Crippen molar-refractivity contribution in [1.29, 1.82) is 0 Å². The molecule has 0 fully saturated rings. The lowest BCUT2D eigenvalue weighted by atomic mass is 10.3. The molecule has 0 aromatic carbocycles. The lowest BCUT2D eigenvalue weighted by molar-refractivity contribution is -0.156. The molecule has 13 heteroatoms. The molecule has 0 aliphatic rings. The number of carbonyl (C=O) groups is 3. The Morgan fingerprint density at radius 1 is 1.21 bits per heavy atom. The third kappa shape index (κ3) is 17.4. The zero-order valence-electron chi connectivity index (χ0n) is 16.7. The summed E-state index contributed by atoms with van der Waals surface area (Å²) in [6.07, 6.45) is -0.0664. The van der Waals surface area contributed by atoms with Crippen LogP contribution < -0.4 is 11.1 Å². The highest BCUT2D eigenvalue weighted by Crippen LogP contribution is 2.33. The highest BCUT2D eigenvalue weighted by atomic mass is 32.2. The first-order valence-electron chi connectivity index (χ1n) is 9.11. The Kier molecular flexibility index (Phi) is 15.0. The maximum Gasteiger partial charge on any atom is 0.327 e. The minimum atomic E-state index is -4.09. The molecule has 1 amide bonds. The van der Waals surface area contributed by atoms with E-state index in [0.717, 1.165) is 0 Å². The monoisotopic (exact) mass is 458 g/mol. The number of nitrogens with two attached hydrogens (primary N) is 1. The van der Waals surface area contributed by atoms with Crippen LogP contribution in [0.1, 0.15) is 26.7 Å². The van der Waals surface area contributed by atoms with E-state index in [9.17, 15) is 18.9 Å². The first-order chi connectivity index (χ1) is 13.5. The zero-order chi connectivity index (χ0) is 22.3. The van der Waals surface area contributed by atoms with Crippen LogP contribution in [0.4, 0.5) is 0 Å². The van der Waals surface area contributed by atoms with Crippen molar-refractivity contribution in [3.05, 3.63) is 0 Å². The Balaban J connectivity index is 4.06. The molecule has 2 atom stereocenters. The lowest BCUT2D eigenvalue weighted by Crippen LogP contribution is -2.43. The molecule has 0 aliphatic heterocycles. The van der Waals surface area contributed by atoms with Gasteiger partial charge in [0.1, 0.15) is 12.7 Å². The van der Waals surface area contributed by atoms with Crippen LogP contribution in [0.25, 0.3) is 0 Å². The highest BCUT2D eigenvalue weighted by molar-refractivity contribution is 7.99. The first-order valence-corrected chi connectivity index (χ1v) is 12.1. The molecule has 0 heterocycles. The fraction of sp³-hybridized carbons (Fsp3) is 0.812. The van der Waals surface area contributed by atoms with Crippen LogP contribution in [0.15, 0.2) is 0 Å². The number of rotatable bonds is 16. The molecule has 5 N–H and O–H groups in total. The first kappa shape index (κ1) is 27.8. The lowest BCUT2D eigenvalue weighted by Gasteiger charge is -2.18. The Morgan fingerprint density at radius 3 is 2.48 bits per heavy atom. The topological polar surface area (TPSA) is 174 Å². The third-order valence-corrected chi connectivity index (χ3v) is 5.19. The van der Waals surface area contributed by atoms with Crippen molar-refractivity contribution < 1.29 is 42.9 Å². The van der Waals surface area contributed by atoms with E-state index >= 15 is 0 Å². The minimum Gasteiger partial charge on any atom is -0.462 e. The number of hydrogen-bond acceptors (Lipinski definition) is 9. The van der Waals surface area contributed by atoms with Crippen molar-refractivity contribution >= 4 is 37.2 Å². The van der Waals surface area contributed by atoms with Gasteiger partial charge in [0.2, 0.25) is 5.91 Å². The van der Waals surface area contributed by atoms with Crippen LogP contribution in [-0.4, -0.2) is 83.8 Å². The van der Waals surface area contributed by atoms with Gasteiger partial charge in [-0.05, 0) is 6.42 Å². The van der Waals surface area contributed by atoms with Gasteiger partial charge < -0.3 is 35.0 Å². The van der Waals surface area contributed by atoms with E-state index in [-0.39, 0.29) is 50.7 Å². The average molecular weight is 458 g/mol. The van der Waals surface area contributed by atoms with Gasteiger partial charge in [0, 0.05) is 31.4 Å². The molecule has 2 unspecified atom stereocenters. The Morgan fingerprint density at radius 2 is 1.90 bits per heavy atom. The van der Waals surface area contributed by atoms with E-state index in [1.54, 1.807) is 0 Å². The van der Waals surface area contributed by atoms with Gasteiger partial charge in [0.25, 0.3) is 0 Å². The van der Waals surface area contributed by atoms with Gasteiger partial charge in [-0.3, -0.25) is 18.9 Å². The number of ether oxygens (including phenoxy) is 3. The van der Waals surface area contributed by atoms with Crippen LogP contribution in [0.3, 0.4) is 0 Å². The second-order valence-electron chi connectivity index (χ2n) is 6.10. The van der Waals surface area contributed by atoms with Crippen LogP contribution in [0.2, 0.25) is 0 Å². The summed E-state index contributed by atoms with van der Waals surface area (Å²) >= 11 is 1.28. The summed E-state index contributed by atoms with van der Waals surface area (Å²) in [5, 5.41) is 2.55. The molecule has 0 bridgehead atoms. The summed E-state index contributed by atoms with van der Waals surface area (Å²) < 4.78 is 25.8. The second-order valence-corrected chi connectivity index (χ2v) is 8.95. The summed E-state index contributed by atoms with van der Waals surface area (Å²) in [6, 6.07) is -0.810. The van der Waals surface area contributed by atoms with Gasteiger partial charge in [-0.25, -0.2) is 0 Å². The van der Waals surface area contributed by atoms with E-state index < -0.39 is 31.6 Å². The van der Waals surface area contributed by atoms with Crippen LogP contribution in [-0.2, 0) is 33.2 Å². The SMILES string of the molecule is CCCC(=O)OCC(CSCC(N)C(=O)NCCOCCP(=O)(O)O)OC(C)=O. The van der Waals surface area contributed by atoms with Gasteiger partial charge in [0.15, 0.2) is 0 Å². The van der Waals surface area contributed by atoms with E-state index in [0.29, 0.717) is 12.2 Å². The fourth-order valence-corrected chi connectivity index (χ4v) is 3.21. The number of esters is 2. The standard InChI is InChI=1S/C16H31N2O9PS/c1-3-4-15(20)26-9-13(27-12(2)19)10-29-11-14(17)16(21)18-5-6-25-7-8-28(22,23)24/h13-14H,3-11,17H2,1-2H3,(H,18,21)(H2,22,23,24). The summed E-state index contributed by atoms with van der Waals surface area (Å²) in [5.41, 5.74) is 5.79. The van der Waals surface area contributed by atoms with E-state index in [2.05, 4.69) is 5.32 Å². The molecule has 0 saturated heterocycles. The molecular formula is C16H31N2O9PS. The van der Waals surface area contributed by atoms with Gasteiger partial charge in [-0.1, -0.05) is 6.92 Å². The molecule has 0 spiro atoms. The van der Waals surface area contributed by atoms with Gasteiger partial charge in [0.05, 0.1) is 25.4 Å². The number of carbonyl (C=O) groups excluding carboxylic acids is 3. The average Bonchev–Trinajstić information content (AvgIpc) is 2.61. The highest BCUT2D eigenvalue weighted by Gasteiger charge is 2.18. The Labute approximate surface area is 174 Å². The molecular weight excluding hydrogens is 427 g/mol. The van der Waals surface area contributed by atoms with Crippen molar-refractivity contribution in [2.75, 3.05) is 44.0 Å². The van der Waals surface area contributed by atoms with Crippen molar-refractivity contribution in [3.63, 3.8) is 0 Å². The number of amides is 1. The van der Waals surface area contributed by atoms with Crippen LogP contribution >= 0.6 is 19.4 Å². The largest absolute Gasteiger partial charge is 0.462 e. The summed E-state index contributed by atoms with van der Waals surface area (Å²) in [7, 11) is -4.09. The van der Waals surface area contributed by atoms with E-state index in [1.165, 1.54) is 18.7 Å². The minimum absolute atomic E-state index is 0.0567. The quantitative estimate of drug-likeness (QED) is 0.135. The molecule has 29 heavy (non-hydrogen) atoms. The van der Waals surface area contributed by atoms with Crippen molar-refractivity contribution in [1.82, 2.24) is 5.32 Å². The van der Waals surface area contributed by atoms with Crippen LogP contribution in [0, 0.1) is 0 Å². The van der Waals surface area contributed by atoms with E-state index in [4.69, 9.17) is 29.7 Å². The van der Waals surface area contributed by atoms with Gasteiger partial charge >= 0.3 is 19.5 Å². The zero-order valence-corrected chi connectivity index (χ0v) is 18.4. The molecule has 0 aromatic heterocycles. The fourth-order valence-electron chi connectivity index (χ4n) is 1.88. The molecule has 0 rings (SSSR count). The molecule has 0 saturated carbocycles. The number of nitrogens with one attached hydrogen (secondary N) is 1. The van der Waals surface area contributed by atoms with E-state index in [1.807, 2.05) is 6.92 Å². The second kappa shape index (κ2) is 15.6. The van der Waals surface area contributed by atoms with Crippen molar-refractivity contribution in [2.45, 2.75) is 38.8 Å². The summed E-state index contributed by atoms with van der Waals surface area (Å²) in [4.78, 5) is 51.8. The molecule has 0 aliphatic carbocycles. The summed E-state index contributed by atoms with van der Waals surface area (Å²) in [6.45, 7) is 3.20. The molecule has 11 nitrogen and oxygen atoms in total. The predicted octanol–water partition coefficient (Wildman–Crippen LogP) is -0.368. The molecule has 170 valence electrons. The summed E-state index contributed by atoms with van der Waals surface area (Å²) in [5.74, 6) is -0.706. The van der Waals surface area contributed by atoms with Crippen molar-refractivity contribution in [3.8, 4) is 0 Å². The maximum absolute atomic E-state index is 11.9. The normalized spacial score (nSPS) is 13.4. The van der Waals surface area contributed by atoms with Gasteiger partial charge in [-0.2, -0.15) is 11.8 Å². The number of hydrogen-bond donors (Lipinski definition) is 4. The molecule has 0 aromatic rings. The Hall–Kier alpha value is -1.17.